The summed E-state index contributed by atoms with van der Waals surface area (Å²) < 4.78 is 0. The third-order valence-electron chi connectivity index (χ3n) is 3.39. The van der Waals surface area contributed by atoms with Gasteiger partial charge in [0, 0.05) is 5.02 Å². The molecule has 0 radical (unpaired) electrons. The highest BCUT2D eigenvalue weighted by Gasteiger charge is 2.44. The first-order chi connectivity index (χ1) is 7.73. The summed E-state index contributed by atoms with van der Waals surface area (Å²) in [6, 6.07) is 12.0. The number of aldehydes is 1. The molecule has 0 N–H and O–H groups in total. The Bertz CT molecular complexity index is 570. The molecule has 0 aliphatic heterocycles. The number of hydrogen-bond donors (Lipinski definition) is 0. The Kier molecular flexibility index (Phi) is 2.05. The zero-order chi connectivity index (χ0) is 11.2. The fraction of sp³-hybridized carbons (Fsp3) is 0.214. The van der Waals surface area contributed by atoms with E-state index >= 15 is 0 Å². The molecule has 0 atom stereocenters. The van der Waals surface area contributed by atoms with Crippen LogP contribution in [0.3, 0.4) is 0 Å². The Hall–Kier alpha value is -1.34. The summed E-state index contributed by atoms with van der Waals surface area (Å²) in [6.45, 7) is 0. The first-order valence-corrected chi connectivity index (χ1v) is 5.77. The fourth-order valence-corrected chi connectivity index (χ4v) is 2.32. The van der Waals surface area contributed by atoms with Gasteiger partial charge in [-0.15, -0.1) is 0 Å². The highest BCUT2D eigenvalue weighted by atomic mass is 35.5. The van der Waals surface area contributed by atoms with Crippen molar-refractivity contribution in [3.63, 3.8) is 0 Å². The number of halogens is 1. The molecule has 80 valence electrons. The van der Waals surface area contributed by atoms with Gasteiger partial charge in [-0.05, 0) is 41.3 Å². The maximum absolute atomic E-state index is 11.1. The minimum atomic E-state index is -0.187. The average molecular weight is 231 g/mol. The van der Waals surface area contributed by atoms with Crippen LogP contribution in [0.4, 0.5) is 0 Å². The number of rotatable bonds is 2. The summed E-state index contributed by atoms with van der Waals surface area (Å²) in [5.41, 5.74) is 0.950. The van der Waals surface area contributed by atoms with Crippen LogP contribution in [-0.4, -0.2) is 6.29 Å². The predicted molar refractivity (Wildman–Crippen MR) is 65.9 cm³/mol. The van der Waals surface area contributed by atoms with Crippen molar-refractivity contribution in [3.05, 3.63) is 47.0 Å². The number of hydrogen-bond acceptors (Lipinski definition) is 1. The Morgan fingerprint density at radius 3 is 2.44 bits per heavy atom. The fourth-order valence-electron chi connectivity index (χ4n) is 2.14. The highest BCUT2D eigenvalue weighted by molar-refractivity contribution is 6.31. The van der Waals surface area contributed by atoms with Crippen molar-refractivity contribution in [2.45, 2.75) is 18.3 Å². The normalized spacial score (nSPS) is 17.3. The summed E-state index contributed by atoms with van der Waals surface area (Å²) in [7, 11) is 0. The molecule has 1 nitrogen and oxygen atoms in total. The van der Waals surface area contributed by atoms with E-state index in [4.69, 9.17) is 11.6 Å². The molecular formula is C14H11ClO. The number of carbonyl (C=O) groups excluding carboxylic acids is 1. The minimum absolute atomic E-state index is 0.187. The lowest BCUT2D eigenvalue weighted by atomic mass is 9.95. The Morgan fingerprint density at radius 2 is 1.75 bits per heavy atom. The lowest BCUT2D eigenvalue weighted by Gasteiger charge is -2.08. The molecule has 1 aliphatic rings. The van der Waals surface area contributed by atoms with Crippen LogP contribution in [0.5, 0.6) is 0 Å². The van der Waals surface area contributed by atoms with E-state index in [1.165, 1.54) is 0 Å². The summed E-state index contributed by atoms with van der Waals surface area (Å²) in [6.07, 6.45) is 3.05. The average Bonchev–Trinajstić information content (AvgIpc) is 3.09. The van der Waals surface area contributed by atoms with Crippen molar-refractivity contribution in [1.29, 1.82) is 0 Å². The van der Waals surface area contributed by atoms with Crippen molar-refractivity contribution >= 4 is 28.7 Å². The van der Waals surface area contributed by atoms with E-state index in [2.05, 4.69) is 6.07 Å². The third kappa shape index (κ3) is 1.43. The van der Waals surface area contributed by atoms with Gasteiger partial charge < -0.3 is 4.79 Å². The largest absolute Gasteiger partial charge is 0.302 e. The first kappa shape index (κ1) is 9.86. The van der Waals surface area contributed by atoms with E-state index in [1.54, 1.807) is 0 Å². The van der Waals surface area contributed by atoms with Crippen LogP contribution in [0.2, 0.25) is 5.02 Å². The third-order valence-corrected chi connectivity index (χ3v) is 3.63. The van der Waals surface area contributed by atoms with Gasteiger partial charge in [0.2, 0.25) is 0 Å². The molecule has 2 aromatic carbocycles. The Labute approximate surface area is 99.0 Å². The van der Waals surface area contributed by atoms with Gasteiger partial charge in [0.05, 0.1) is 5.41 Å². The van der Waals surface area contributed by atoms with Gasteiger partial charge in [0.15, 0.2) is 0 Å². The molecule has 2 aromatic rings. The predicted octanol–water partition coefficient (Wildman–Crippen LogP) is 3.72. The van der Waals surface area contributed by atoms with Gasteiger partial charge in [0.25, 0.3) is 0 Å². The van der Waals surface area contributed by atoms with Gasteiger partial charge >= 0.3 is 0 Å². The van der Waals surface area contributed by atoms with E-state index < -0.39 is 0 Å². The van der Waals surface area contributed by atoms with Gasteiger partial charge in [-0.1, -0.05) is 35.9 Å². The van der Waals surface area contributed by atoms with E-state index in [9.17, 15) is 4.79 Å². The van der Waals surface area contributed by atoms with Crippen molar-refractivity contribution < 1.29 is 4.79 Å². The molecule has 0 bridgehead atoms. The number of benzene rings is 2. The number of carbonyl (C=O) groups is 1. The lowest BCUT2D eigenvalue weighted by Crippen LogP contribution is -2.07. The standard InChI is InChI=1S/C14H11ClO/c15-13-4-2-10-7-12(3-1-11(10)8-13)14(9-16)5-6-14/h1-4,7-9H,5-6H2. The van der Waals surface area contributed by atoms with Crippen LogP contribution in [0, 0.1) is 0 Å². The zero-order valence-corrected chi connectivity index (χ0v) is 9.50. The SMILES string of the molecule is O=CC1(c2ccc3cc(Cl)ccc3c2)CC1. The van der Waals surface area contributed by atoms with E-state index in [0.717, 1.165) is 40.5 Å². The topological polar surface area (TPSA) is 17.1 Å². The van der Waals surface area contributed by atoms with Crippen molar-refractivity contribution in [2.24, 2.45) is 0 Å². The molecule has 0 saturated heterocycles. The molecule has 1 saturated carbocycles. The summed E-state index contributed by atoms with van der Waals surface area (Å²) in [4.78, 5) is 11.1. The van der Waals surface area contributed by atoms with E-state index in [0.29, 0.717) is 0 Å². The van der Waals surface area contributed by atoms with Crippen molar-refractivity contribution in [1.82, 2.24) is 0 Å². The first-order valence-electron chi connectivity index (χ1n) is 5.40. The van der Waals surface area contributed by atoms with Gasteiger partial charge in [-0.2, -0.15) is 0 Å². The van der Waals surface area contributed by atoms with Crippen LogP contribution in [-0.2, 0) is 10.2 Å². The highest BCUT2D eigenvalue weighted by Crippen LogP contribution is 2.46. The summed E-state index contributed by atoms with van der Waals surface area (Å²) in [5, 5.41) is 3.02. The minimum Gasteiger partial charge on any atom is -0.302 e. The molecule has 0 unspecified atom stereocenters. The Morgan fingerprint density at radius 1 is 1.06 bits per heavy atom. The van der Waals surface area contributed by atoms with Gasteiger partial charge in [-0.3, -0.25) is 0 Å². The quantitative estimate of drug-likeness (QED) is 0.719. The van der Waals surface area contributed by atoms with Gasteiger partial charge in [-0.25, -0.2) is 0 Å². The molecule has 0 aromatic heterocycles. The molecule has 1 aliphatic carbocycles. The Balaban J connectivity index is 2.16. The number of fused-ring (bicyclic) bond motifs is 1. The second kappa shape index (κ2) is 3.33. The molecular weight excluding hydrogens is 220 g/mol. The van der Waals surface area contributed by atoms with Crippen LogP contribution < -0.4 is 0 Å². The second-order valence-electron chi connectivity index (χ2n) is 4.48. The molecule has 0 heterocycles. The monoisotopic (exact) mass is 230 g/mol. The van der Waals surface area contributed by atoms with Crippen LogP contribution in [0.1, 0.15) is 18.4 Å². The van der Waals surface area contributed by atoms with E-state index in [-0.39, 0.29) is 5.41 Å². The molecule has 1 fully saturated rings. The summed E-state index contributed by atoms with van der Waals surface area (Å²) >= 11 is 5.93. The molecule has 0 spiro atoms. The van der Waals surface area contributed by atoms with Crippen molar-refractivity contribution in [2.75, 3.05) is 0 Å². The molecule has 2 heteroatoms. The smallest absolute Gasteiger partial charge is 0.130 e. The molecule has 0 amide bonds. The van der Waals surface area contributed by atoms with Crippen molar-refractivity contribution in [3.8, 4) is 0 Å². The molecule has 3 rings (SSSR count). The van der Waals surface area contributed by atoms with Crippen LogP contribution >= 0.6 is 11.6 Å². The van der Waals surface area contributed by atoms with Crippen LogP contribution in [0.15, 0.2) is 36.4 Å². The molecule has 16 heavy (non-hydrogen) atoms. The maximum atomic E-state index is 11.1. The second-order valence-corrected chi connectivity index (χ2v) is 4.92. The van der Waals surface area contributed by atoms with E-state index in [1.807, 2.05) is 30.3 Å². The van der Waals surface area contributed by atoms with Crippen LogP contribution in [0.25, 0.3) is 10.8 Å². The zero-order valence-electron chi connectivity index (χ0n) is 8.74. The maximum Gasteiger partial charge on any atom is 0.130 e. The van der Waals surface area contributed by atoms with Gasteiger partial charge in [0.1, 0.15) is 6.29 Å². The lowest BCUT2D eigenvalue weighted by molar-refractivity contribution is -0.109. The summed E-state index contributed by atoms with van der Waals surface area (Å²) in [5.74, 6) is 0.